The molecule has 0 spiro atoms. The van der Waals surface area contributed by atoms with Gasteiger partial charge in [0.05, 0.1) is 5.69 Å². The first-order chi connectivity index (χ1) is 9.93. The smallest absolute Gasteiger partial charge is 0.179 e. The van der Waals surface area contributed by atoms with Crippen LogP contribution >= 0.6 is 0 Å². The lowest BCUT2D eigenvalue weighted by Gasteiger charge is -2.25. The van der Waals surface area contributed by atoms with Crippen LogP contribution in [0.4, 0.5) is 5.82 Å². The van der Waals surface area contributed by atoms with Gasteiger partial charge in [-0.3, -0.25) is 0 Å². The number of aryl methyl sites for hydroxylation is 2. The molecule has 0 saturated heterocycles. The van der Waals surface area contributed by atoms with Crippen LogP contribution in [0.1, 0.15) is 17.9 Å². The highest BCUT2D eigenvalue weighted by molar-refractivity contribution is 7.90. The fourth-order valence-electron chi connectivity index (χ4n) is 2.70. The minimum absolute atomic E-state index is 0.154. The van der Waals surface area contributed by atoms with E-state index in [2.05, 4.69) is 19.9 Å². The molecule has 7 heteroatoms. The average Bonchev–Trinajstić information content (AvgIpc) is 2.77. The fraction of sp³-hybridized carbons (Fsp3) is 0.429. The van der Waals surface area contributed by atoms with Gasteiger partial charge in [0, 0.05) is 37.7 Å². The highest BCUT2D eigenvalue weighted by Gasteiger charge is 2.22. The number of pyridine rings is 1. The Hall–Kier alpha value is -1.89. The van der Waals surface area contributed by atoms with E-state index in [9.17, 15) is 8.42 Å². The number of sulfone groups is 1. The van der Waals surface area contributed by atoms with E-state index in [0.717, 1.165) is 30.9 Å². The van der Waals surface area contributed by atoms with E-state index in [0.29, 0.717) is 5.82 Å². The molecule has 1 unspecified atom stereocenters. The zero-order chi connectivity index (χ0) is 15.0. The van der Waals surface area contributed by atoms with E-state index in [1.54, 1.807) is 18.3 Å². The Morgan fingerprint density at radius 2 is 2.24 bits per heavy atom. The molecule has 3 rings (SSSR count). The Labute approximate surface area is 124 Å². The standard InChI is InChI=1S/C14H18N4O2S/c1-10-8-18-9-11(5-6-13(18)16-10)17-14-12(21(2,19)20)4-3-7-15-14/h3-4,7-8,11H,5-6,9H2,1-2H3,(H,15,17). The number of nitrogens with one attached hydrogen (secondary N) is 1. The molecule has 0 saturated carbocycles. The fourth-order valence-corrected chi connectivity index (χ4v) is 3.48. The second-order valence-corrected chi connectivity index (χ2v) is 7.44. The van der Waals surface area contributed by atoms with Gasteiger partial charge in [0.2, 0.25) is 0 Å². The molecule has 0 bridgehead atoms. The number of rotatable bonds is 3. The van der Waals surface area contributed by atoms with Crippen molar-refractivity contribution >= 4 is 15.7 Å². The molecule has 0 fully saturated rings. The van der Waals surface area contributed by atoms with Crippen molar-refractivity contribution in [3.05, 3.63) is 36.0 Å². The molecule has 1 atom stereocenters. The van der Waals surface area contributed by atoms with E-state index in [-0.39, 0.29) is 10.9 Å². The van der Waals surface area contributed by atoms with E-state index in [1.807, 2.05) is 13.1 Å². The Bertz CT molecular complexity index is 767. The minimum atomic E-state index is -3.28. The van der Waals surface area contributed by atoms with Crippen molar-refractivity contribution in [1.82, 2.24) is 14.5 Å². The molecule has 21 heavy (non-hydrogen) atoms. The molecule has 0 radical (unpaired) electrons. The van der Waals surface area contributed by atoms with Crippen molar-refractivity contribution in [2.45, 2.75) is 37.2 Å². The first-order valence-electron chi connectivity index (χ1n) is 6.88. The molecule has 6 nitrogen and oxygen atoms in total. The van der Waals surface area contributed by atoms with Crippen LogP contribution in [0.2, 0.25) is 0 Å². The second-order valence-electron chi connectivity index (χ2n) is 5.45. The average molecular weight is 306 g/mol. The first-order valence-corrected chi connectivity index (χ1v) is 8.77. The van der Waals surface area contributed by atoms with Crippen LogP contribution in [0.5, 0.6) is 0 Å². The summed E-state index contributed by atoms with van der Waals surface area (Å²) in [6.45, 7) is 2.75. The molecule has 0 aliphatic carbocycles. The van der Waals surface area contributed by atoms with Crippen LogP contribution in [0.3, 0.4) is 0 Å². The maximum atomic E-state index is 11.8. The molecule has 1 aliphatic heterocycles. The van der Waals surface area contributed by atoms with Crippen molar-refractivity contribution in [3.63, 3.8) is 0 Å². The molecule has 0 amide bonds. The Morgan fingerprint density at radius 3 is 3.00 bits per heavy atom. The summed E-state index contributed by atoms with van der Waals surface area (Å²) >= 11 is 0. The van der Waals surface area contributed by atoms with Gasteiger partial charge in [0.15, 0.2) is 9.84 Å². The number of fused-ring (bicyclic) bond motifs is 1. The maximum Gasteiger partial charge on any atom is 0.179 e. The molecular formula is C14H18N4O2S. The third kappa shape index (κ3) is 2.92. The van der Waals surface area contributed by atoms with E-state index < -0.39 is 9.84 Å². The van der Waals surface area contributed by atoms with Gasteiger partial charge in [-0.2, -0.15) is 0 Å². The zero-order valence-electron chi connectivity index (χ0n) is 12.1. The van der Waals surface area contributed by atoms with Crippen LogP contribution in [0.25, 0.3) is 0 Å². The van der Waals surface area contributed by atoms with Gasteiger partial charge in [-0.1, -0.05) is 0 Å². The van der Waals surface area contributed by atoms with Crippen LogP contribution in [0, 0.1) is 6.92 Å². The van der Waals surface area contributed by atoms with Crippen molar-refractivity contribution in [3.8, 4) is 0 Å². The van der Waals surface area contributed by atoms with E-state index in [4.69, 9.17) is 0 Å². The van der Waals surface area contributed by atoms with Gasteiger partial charge in [-0.25, -0.2) is 18.4 Å². The first kappa shape index (κ1) is 14.1. The van der Waals surface area contributed by atoms with Crippen LogP contribution in [0.15, 0.2) is 29.4 Å². The van der Waals surface area contributed by atoms with Crippen molar-refractivity contribution in [1.29, 1.82) is 0 Å². The van der Waals surface area contributed by atoms with Crippen molar-refractivity contribution in [2.24, 2.45) is 0 Å². The van der Waals surface area contributed by atoms with Gasteiger partial charge in [-0.05, 0) is 25.5 Å². The van der Waals surface area contributed by atoms with E-state index >= 15 is 0 Å². The summed E-state index contributed by atoms with van der Waals surface area (Å²) in [5.41, 5.74) is 1.01. The molecule has 0 aromatic carbocycles. The number of hydrogen-bond acceptors (Lipinski definition) is 5. The highest BCUT2D eigenvalue weighted by Crippen LogP contribution is 2.22. The summed E-state index contributed by atoms with van der Waals surface area (Å²) in [5, 5.41) is 3.27. The predicted molar refractivity (Wildman–Crippen MR) is 80.0 cm³/mol. The molecule has 1 aliphatic rings. The van der Waals surface area contributed by atoms with Crippen LogP contribution < -0.4 is 5.32 Å². The highest BCUT2D eigenvalue weighted by atomic mass is 32.2. The molecule has 2 aromatic heterocycles. The monoisotopic (exact) mass is 306 g/mol. The lowest BCUT2D eigenvalue weighted by molar-refractivity contribution is 0.474. The topological polar surface area (TPSA) is 76.9 Å². The van der Waals surface area contributed by atoms with Gasteiger partial charge < -0.3 is 9.88 Å². The number of anilines is 1. The number of nitrogens with zero attached hydrogens (tertiary/aromatic N) is 3. The third-order valence-electron chi connectivity index (χ3n) is 3.62. The lowest BCUT2D eigenvalue weighted by Crippen LogP contribution is -2.32. The second kappa shape index (κ2) is 5.14. The van der Waals surface area contributed by atoms with E-state index in [1.165, 1.54) is 6.26 Å². The summed E-state index contributed by atoms with van der Waals surface area (Å²) in [7, 11) is -3.28. The molecule has 112 valence electrons. The van der Waals surface area contributed by atoms with Crippen LogP contribution in [-0.4, -0.2) is 35.3 Å². The molecular weight excluding hydrogens is 288 g/mol. The quantitative estimate of drug-likeness (QED) is 0.928. The molecule has 1 N–H and O–H groups in total. The minimum Gasteiger partial charge on any atom is -0.364 e. The Kier molecular flexibility index (Phi) is 3.44. The largest absolute Gasteiger partial charge is 0.364 e. The molecule has 2 aromatic rings. The summed E-state index contributed by atoms with van der Waals surface area (Å²) in [6, 6.07) is 3.38. The van der Waals surface area contributed by atoms with Crippen molar-refractivity contribution < 1.29 is 8.42 Å². The lowest BCUT2D eigenvalue weighted by atomic mass is 10.1. The van der Waals surface area contributed by atoms with Crippen LogP contribution in [-0.2, 0) is 22.8 Å². The summed E-state index contributed by atoms with van der Waals surface area (Å²) in [6.07, 6.45) is 6.63. The maximum absolute atomic E-state index is 11.8. The predicted octanol–water partition coefficient (Wildman–Crippen LogP) is 1.42. The normalized spacial score (nSPS) is 18.3. The van der Waals surface area contributed by atoms with Crippen molar-refractivity contribution in [2.75, 3.05) is 11.6 Å². The number of imidazole rings is 1. The summed E-state index contributed by atoms with van der Waals surface area (Å²) in [5.74, 6) is 1.53. The molecule has 3 heterocycles. The summed E-state index contributed by atoms with van der Waals surface area (Å²) < 4.78 is 25.7. The van der Waals surface area contributed by atoms with Gasteiger partial charge in [0.25, 0.3) is 0 Å². The van der Waals surface area contributed by atoms with Gasteiger partial charge in [-0.15, -0.1) is 0 Å². The Morgan fingerprint density at radius 1 is 1.43 bits per heavy atom. The summed E-state index contributed by atoms with van der Waals surface area (Å²) in [4.78, 5) is 8.91. The zero-order valence-corrected chi connectivity index (χ0v) is 12.9. The van der Waals surface area contributed by atoms with Gasteiger partial charge in [0.1, 0.15) is 16.5 Å². The number of hydrogen-bond donors (Lipinski definition) is 1. The third-order valence-corrected chi connectivity index (χ3v) is 4.75. The number of aromatic nitrogens is 3. The SMILES string of the molecule is Cc1cn2c(n1)CCC(Nc1ncccc1S(C)(=O)=O)C2. The van der Waals surface area contributed by atoms with Gasteiger partial charge >= 0.3 is 0 Å². The Balaban J connectivity index is 1.83.